The molecule has 1 aliphatic rings. The third-order valence-corrected chi connectivity index (χ3v) is 4.92. The first-order chi connectivity index (χ1) is 12.3. The summed E-state index contributed by atoms with van der Waals surface area (Å²) in [5, 5.41) is 7.75. The molecule has 1 aromatic heterocycles. The maximum Gasteiger partial charge on any atom is 0.258 e. The van der Waals surface area contributed by atoms with Crippen LogP contribution in [0.15, 0.2) is 53.1 Å². The largest absolute Gasteiger partial charge is 0.334 e. The SMILES string of the molecule is CCc1ccc(-c2nc(-c3cccc(CNC4CCC4)c3)no2)cc1. The molecule has 1 N–H and O–H groups in total. The summed E-state index contributed by atoms with van der Waals surface area (Å²) >= 11 is 0. The number of nitrogens with zero attached hydrogens (tertiary/aromatic N) is 2. The fraction of sp³-hybridized carbons (Fsp3) is 0.333. The number of benzene rings is 2. The van der Waals surface area contributed by atoms with Crippen LogP contribution in [0.1, 0.15) is 37.3 Å². The molecule has 4 rings (SSSR count). The van der Waals surface area contributed by atoms with Crippen molar-refractivity contribution in [1.82, 2.24) is 15.5 Å². The van der Waals surface area contributed by atoms with E-state index in [2.05, 4.69) is 52.7 Å². The van der Waals surface area contributed by atoms with Crippen molar-refractivity contribution < 1.29 is 4.52 Å². The minimum absolute atomic E-state index is 0.565. The number of hydrogen-bond donors (Lipinski definition) is 1. The van der Waals surface area contributed by atoms with E-state index in [-0.39, 0.29) is 0 Å². The molecule has 0 radical (unpaired) electrons. The quantitative estimate of drug-likeness (QED) is 0.716. The molecule has 4 nitrogen and oxygen atoms in total. The molecule has 1 fully saturated rings. The van der Waals surface area contributed by atoms with E-state index in [0.717, 1.165) is 24.1 Å². The maximum atomic E-state index is 5.47. The third kappa shape index (κ3) is 3.64. The van der Waals surface area contributed by atoms with Crippen molar-refractivity contribution in [1.29, 1.82) is 0 Å². The van der Waals surface area contributed by atoms with Crippen LogP contribution in [-0.2, 0) is 13.0 Å². The van der Waals surface area contributed by atoms with Crippen LogP contribution >= 0.6 is 0 Å². The van der Waals surface area contributed by atoms with Gasteiger partial charge in [-0.05, 0) is 48.6 Å². The first-order valence-electron chi connectivity index (χ1n) is 9.07. The lowest BCUT2D eigenvalue weighted by atomic mass is 9.93. The Bertz CT molecular complexity index is 834. The molecule has 0 spiro atoms. The average molecular weight is 333 g/mol. The van der Waals surface area contributed by atoms with Crippen molar-refractivity contribution in [2.75, 3.05) is 0 Å². The van der Waals surface area contributed by atoms with Crippen LogP contribution in [0.4, 0.5) is 0 Å². The second kappa shape index (κ2) is 7.19. The average Bonchev–Trinajstić information content (AvgIpc) is 3.11. The predicted molar refractivity (Wildman–Crippen MR) is 99.0 cm³/mol. The van der Waals surface area contributed by atoms with Gasteiger partial charge in [0.2, 0.25) is 5.82 Å². The van der Waals surface area contributed by atoms with E-state index in [1.807, 2.05) is 18.2 Å². The Balaban J connectivity index is 1.50. The van der Waals surface area contributed by atoms with E-state index in [4.69, 9.17) is 4.52 Å². The van der Waals surface area contributed by atoms with Crippen molar-refractivity contribution in [3.63, 3.8) is 0 Å². The van der Waals surface area contributed by atoms with Crippen LogP contribution in [0.25, 0.3) is 22.8 Å². The highest BCUT2D eigenvalue weighted by molar-refractivity contribution is 5.60. The van der Waals surface area contributed by atoms with Gasteiger partial charge in [0, 0.05) is 23.7 Å². The topological polar surface area (TPSA) is 51.0 Å². The van der Waals surface area contributed by atoms with E-state index in [0.29, 0.717) is 17.8 Å². The molecule has 0 amide bonds. The van der Waals surface area contributed by atoms with E-state index >= 15 is 0 Å². The highest BCUT2D eigenvalue weighted by Gasteiger charge is 2.16. The summed E-state index contributed by atoms with van der Waals surface area (Å²) in [5.41, 5.74) is 4.50. The van der Waals surface area contributed by atoms with Gasteiger partial charge in [-0.1, -0.05) is 48.8 Å². The summed E-state index contributed by atoms with van der Waals surface area (Å²) in [4.78, 5) is 4.57. The van der Waals surface area contributed by atoms with Gasteiger partial charge in [-0.3, -0.25) is 0 Å². The molecule has 4 heteroatoms. The molecule has 128 valence electrons. The first kappa shape index (κ1) is 16.0. The highest BCUT2D eigenvalue weighted by atomic mass is 16.5. The fourth-order valence-corrected chi connectivity index (χ4v) is 3.04. The van der Waals surface area contributed by atoms with Gasteiger partial charge in [-0.2, -0.15) is 4.98 Å². The van der Waals surface area contributed by atoms with Gasteiger partial charge in [0.05, 0.1) is 0 Å². The van der Waals surface area contributed by atoms with Gasteiger partial charge in [0.25, 0.3) is 5.89 Å². The zero-order chi connectivity index (χ0) is 17.1. The number of aryl methyl sites for hydroxylation is 1. The van der Waals surface area contributed by atoms with Gasteiger partial charge in [-0.25, -0.2) is 0 Å². The van der Waals surface area contributed by atoms with Crippen molar-refractivity contribution in [3.8, 4) is 22.8 Å². The summed E-state index contributed by atoms with van der Waals surface area (Å²) in [7, 11) is 0. The Morgan fingerprint density at radius 1 is 1.04 bits per heavy atom. The smallest absolute Gasteiger partial charge is 0.258 e. The predicted octanol–water partition coefficient (Wildman–Crippen LogP) is 4.61. The molecule has 25 heavy (non-hydrogen) atoms. The van der Waals surface area contributed by atoms with E-state index in [9.17, 15) is 0 Å². The molecule has 1 saturated carbocycles. The van der Waals surface area contributed by atoms with Crippen LogP contribution in [0.3, 0.4) is 0 Å². The van der Waals surface area contributed by atoms with Crippen LogP contribution in [-0.4, -0.2) is 16.2 Å². The molecular weight excluding hydrogens is 310 g/mol. The standard InChI is InChI=1S/C21H23N3O/c1-2-15-9-11-17(12-10-15)21-23-20(24-25-21)18-6-3-5-16(13-18)14-22-19-7-4-8-19/h3,5-6,9-13,19,22H,2,4,7-8,14H2,1H3. The van der Waals surface area contributed by atoms with Gasteiger partial charge in [-0.15, -0.1) is 0 Å². The lowest BCUT2D eigenvalue weighted by molar-refractivity contribution is 0.338. The number of rotatable bonds is 6. The normalized spacial score (nSPS) is 14.4. The zero-order valence-corrected chi connectivity index (χ0v) is 14.5. The summed E-state index contributed by atoms with van der Waals surface area (Å²) in [6.07, 6.45) is 4.97. The lowest BCUT2D eigenvalue weighted by Crippen LogP contribution is -2.34. The Labute approximate surface area is 148 Å². The van der Waals surface area contributed by atoms with Crippen molar-refractivity contribution >= 4 is 0 Å². The van der Waals surface area contributed by atoms with Gasteiger partial charge in [0.1, 0.15) is 0 Å². The fourth-order valence-electron chi connectivity index (χ4n) is 3.04. The maximum absolute atomic E-state index is 5.47. The molecule has 3 aromatic rings. The minimum Gasteiger partial charge on any atom is -0.334 e. The molecule has 1 heterocycles. The summed E-state index contributed by atoms with van der Waals surface area (Å²) in [5.74, 6) is 1.20. The van der Waals surface area contributed by atoms with Crippen molar-refractivity contribution in [2.24, 2.45) is 0 Å². The Kier molecular flexibility index (Phi) is 4.61. The Morgan fingerprint density at radius 3 is 2.60 bits per heavy atom. The van der Waals surface area contributed by atoms with Crippen molar-refractivity contribution in [3.05, 3.63) is 59.7 Å². The third-order valence-electron chi connectivity index (χ3n) is 4.92. The number of nitrogens with one attached hydrogen (secondary N) is 1. The highest BCUT2D eigenvalue weighted by Crippen LogP contribution is 2.24. The summed E-state index contributed by atoms with van der Waals surface area (Å²) < 4.78 is 5.47. The van der Waals surface area contributed by atoms with E-state index in [1.165, 1.54) is 30.4 Å². The second-order valence-corrected chi connectivity index (χ2v) is 6.68. The van der Waals surface area contributed by atoms with Crippen LogP contribution < -0.4 is 5.32 Å². The Hall–Kier alpha value is -2.46. The molecule has 2 aromatic carbocycles. The molecule has 0 atom stereocenters. The molecule has 0 bridgehead atoms. The molecule has 0 unspecified atom stereocenters. The first-order valence-corrected chi connectivity index (χ1v) is 9.07. The van der Waals surface area contributed by atoms with E-state index in [1.54, 1.807) is 0 Å². The van der Waals surface area contributed by atoms with Crippen molar-refractivity contribution in [2.45, 2.75) is 45.2 Å². The molecular formula is C21H23N3O. The lowest BCUT2D eigenvalue weighted by Gasteiger charge is -2.26. The Morgan fingerprint density at radius 2 is 1.88 bits per heavy atom. The minimum atomic E-state index is 0.565. The van der Waals surface area contributed by atoms with Gasteiger partial charge in [0.15, 0.2) is 0 Å². The van der Waals surface area contributed by atoms with Crippen LogP contribution in [0.5, 0.6) is 0 Å². The molecule has 1 aliphatic carbocycles. The van der Waals surface area contributed by atoms with E-state index < -0.39 is 0 Å². The van der Waals surface area contributed by atoms with Gasteiger partial charge >= 0.3 is 0 Å². The number of hydrogen-bond acceptors (Lipinski definition) is 4. The van der Waals surface area contributed by atoms with Gasteiger partial charge < -0.3 is 9.84 Å². The summed E-state index contributed by atoms with van der Waals surface area (Å²) in [6.45, 7) is 3.04. The van der Waals surface area contributed by atoms with Crippen LogP contribution in [0, 0.1) is 0 Å². The molecule has 0 saturated heterocycles. The summed E-state index contributed by atoms with van der Waals surface area (Å²) in [6, 6.07) is 17.3. The zero-order valence-electron chi connectivity index (χ0n) is 14.5. The molecule has 0 aliphatic heterocycles. The number of aromatic nitrogens is 2. The van der Waals surface area contributed by atoms with Crippen LogP contribution in [0.2, 0.25) is 0 Å². The second-order valence-electron chi connectivity index (χ2n) is 6.68. The monoisotopic (exact) mass is 333 g/mol.